The Hall–Kier alpha value is -1.30. The molecule has 0 amide bonds. The van der Waals surface area contributed by atoms with Crippen LogP contribution in [-0.4, -0.2) is 26.8 Å². The highest BCUT2D eigenvalue weighted by Crippen LogP contribution is 2.28. The highest BCUT2D eigenvalue weighted by atomic mass is 32.2. The van der Waals surface area contributed by atoms with Gasteiger partial charge in [0, 0.05) is 11.9 Å². The molecule has 1 heterocycles. The predicted octanol–water partition coefficient (Wildman–Crippen LogP) is 2.14. The molecule has 1 aromatic rings. The Morgan fingerprint density at radius 1 is 1.44 bits per heavy atom. The van der Waals surface area contributed by atoms with Gasteiger partial charge in [-0.3, -0.25) is 4.79 Å². The summed E-state index contributed by atoms with van der Waals surface area (Å²) >= 11 is 1.50. The highest BCUT2D eigenvalue weighted by Gasteiger charge is 2.15. The Morgan fingerprint density at radius 3 is 2.78 bits per heavy atom. The van der Waals surface area contributed by atoms with Crippen LogP contribution in [0, 0.1) is 5.92 Å². The van der Waals surface area contributed by atoms with Crippen molar-refractivity contribution in [1.82, 2.24) is 9.97 Å². The number of nitrogens with zero attached hydrogens (tertiary/aromatic N) is 1. The molecule has 98 valence electrons. The van der Waals surface area contributed by atoms with Crippen molar-refractivity contribution in [3.8, 4) is 0 Å². The molecular weight excluding hydrogens is 252 g/mol. The van der Waals surface area contributed by atoms with Gasteiger partial charge in [0.25, 0.3) is 5.56 Å². The number of aromatic carboxylic acids is 1. The first-order valence-electron chi connectivity index (χ1n) is 6.12. The fraction of sp³-hybridized carbons (Fsp3) is 0.583. The summed E-state index contributed by atoms with van der Waals surface area (Å²) in [7, 11) is 0. The lowest BCUT2D eigenvalue weighted by Gasteiger charge is -2.20. The average molecular weight is 268 g/mol. The van der Waals surface area contributed by atoms with Crippen LogP contribution in [0.2, 0.25) is 0 Å². The van der Waals surface area contributed by atoms with Gasteiger partial charge < -0.3 is 10.1 Å². The summed E-state index contributed by atoms with van der Waals surface area (Å²) in [5.74, 6) is 0.385. The van der Waals surface area contributed by atoms with Gasteiger partial charge in [0.2, 0.25) is 0 Å². The Labute approximate surface area is 109 Å². The molecule has 5 nitrogen and oxygen atoms in total. The first-order valence-corrected chi connectivity index (χ1v) is 7.11. The van der Waals surface area contributed by atoms with Gasteiger partial charge >= 0.3 is 5.97 Å². The van der Waals surface area contributed by atoms with E-state index in [1.807, 2.05) is 0 Å². The van der Waals surface area contributed by atoms with E-state index in [9.17, 15) is 9.59 Å². The van der Waals surface area contributed by atoms with E-state index in [0.717, 1.165) is 11.9 Å². The van der Waals surface area contributed by atoms with E-state index in [0.29, 0.717) is 11.1 Å². The third kappa shape index (κ3) is 3.35. The molecular formula is C12H16N2O3S. The van der Waals surface area contributed by atoms with E-state index in [1.54, 1.807) is 0 Å². The van der Waals surface area contributed by atoms with E-state index in [2.05, 4.69) is 9.97 Å². The minimum atomic E-state index is -1.24. The van der Waals surface area contributed by atoms with Crippen LogP contribution in [0.15, 0.2) is 16.1 Å². The Kier molecular flexibility index (Phi) is 4.41. The van der Waals surface area contributed by atoms with Crippen molar-refractivity contribution in [3.05, 3.63) is 22.1 Å². The molecule has 1 saturated carbocycles. The van der Waals surface area contributed by atoms with E-state index in [1.165, 1.54) is 43.9 Å². The maximum absolute atomic E-state index is 11.4. The molecule has 6 heteroatoms. The van der Waals surface area contributed by atoms with E-state index < -0.39 is 11.5 Å². The van der Waals surface area contributed by atoms with Gasteiger partial charge in [-0.2, -0.15) is 0 Å². The Balaban J connectivity index is 1.95. The molecule has 0 aromatic carbocycles. The molecule has 1 fully saturated rings. The molecule has 1 aliphatic rings. The smallest absolute Gasteiger partial charge is 0.342 e. The molecule has 1 aliphatic carbocycles. The Morgan fingerprint density at radius 2 is 2.17 bits per heavy atom. The summed E-state index contributed by atoms with van der Waals surface area (Å²) in [5, 5.41) is 9.23. The van der Waals surface area contributed by atoms with Crippen molar-refractivity contribution < 1.29 is 9.90 Å². The van der Waals surface area contributed by atoms with Crippen LogP contribution in [-0.2, 0) is 0 Å². The van der Waals surface area contributed by atoms with Gasteiger partial charge in [0.15, 0.2) is 5.16 Å². The first-order chi connectivity index (χ1) is 8.66. The molecule has 2 N–H and O–H groups in total. The predicted molar refractivity (Wildman–Crippen MR) is 69.1 cm³/mol. The Bertz CT molecular complexity index is 480. The van der Waals surface area contributed by atoms with Crippen LogP contribution in [0.3, 0.4) is 0 Å². The van der Waals surface area contributed by atoms with Crippen molar-refractivity contribution in [2.75, 3.05) is 5.75 Å². The number of thioether (sulfide) groups is 1. The van der Waals surface area contributed by atoms with Crippen molar-refractivity contribution >= 4 is 17.7 Å². The van der Waals surface area contributed by atoms with Gasteiger partial charge in [-0.25, -0.2) is 9.78 Å². The zero-order chi connectivity index (χ0) is 13.0. The van der Waals surface area contributed by atoms with Gasteiger partial charge in [-0.1, -0.05) is 31.0 Å². The summed E-state index contributed by atoms with van der Waals surface area (Å²) in [6, 6.07) is 0. The number of H-pyrrole nitrogens is 1. The number of rotatable bonds is 4. The van der Waals surface area contributed by atoms with Crippen molar-refractivity contribution in [3.63, 3.8) is 0 Å². The van der Waals surface area contributed by atoms with Gasteiger partial charge in [-0.15, -0.1) is 0 Å². The minimum Gasteiger partial charge on any atom is -0.477 e. The number of nitrogens with one attached hydrogen (secondary N) is 1. The van der Waals surface area contributed by atoms with Gasteiger partial charge in [0.05, 0.1) is 0 Å². The van der Waals surface area contributed by atoms with Crippen molar-refractivity contribution in [1.29, 1.82) is 0 Å². The third-order valence-electron chi connectivity index (χ3n) is 3.19. The summed E-state index contributed by atoms with van der Waals surface area (Å²) in [4.78, 5) is 28.6. The monoisotopic (exact) mass is 268 g/mol. The quantitative estimate of drug-likeness (QED) is 0.645. The molecule has 1 aromatic heterocycles. The largest absolute Gasteiger partial charge is 0.477 e. The standard InChI is InChI=1S/C12H16N2O3S/c15-10-9(11(16)17)6-13-12(14-10)18-7-8-4-2-1-3-5-8/h6,8H,1-5,7H2,(H,16,17)(H,13,14,15). The molecule has 0 unspecified atom stereocenters. The summed E-state index contributed by atoms with van der Waals surface area (Å²) in [5.41, 5.74) is -0.888. The van der Waals surface area contributed by atoms with Crippen LogP contribution in [0.5, 0.6) is 0 Å². The normalized spacial score (nSPS) is 16.7. The second kappa shape index (κ2) is 6.04. The van der Waals surface area contributed by atoms with Gasteiger partial charge in [-0.05, 0) is 18.8 Å². The second-order valence-corrected chi connectivity index (χ2v) is 5.56. The summed E-state index contributed by atoms with van der Waals surface area (Å²) < 4.78 is 0. The molecule has 0 spiro atoms. The topological polar surface area (TPSA) is 83.0 Å². The number of carbonyl (C=O) groups is 1. The zero-order valence-electron chi connectivity index (χ0n) is 10.0. The number of aromatic nitrogens is 2. The van der Waals surface area contributed by atoms with Crippen LogP contribution in [0.4, 0.5) is 0 Å². The minimum absolute atomic E-state index is 0.308. The van der Waals surface area contributed by atoms with Crippen LogP contribution >= 0.6 is 11.8 Å². The van der Waals surface area contributed by atoms with Crippen LogP contribution < -0.4 is 5.56 Å². The van der Waals surface area contributed by atoms with Crippen molar-refractivity contribution in [2.45, 2.75) is 37.3 Å². The molecule has 0 aliphatic heterocycles. The fourth-order valence-corrected chi connectivity index (χ4v) is 3.17. The van der Waals surface area contributed by atoms with E-state index in [-0.39, 0.29) is 5.56 Å². The molecule has 0 bridgehead atoms. The maximum Gasteiger partial charge on any atom is 0.342 e. The number of carboxylic acid groups (broad SMARTS) is 1. The highest BCUT2D eigenvalue weighted by molar-refractivity contribution is 7.99. The molecule has 2 rings (SSSR count). The maximum atomic E-state index is 11.4. The second-order valence-electron chi connectivity index (χ2n) is 4.55. The molecule has 0 saturated heterocycles. The number of hydrogen-bond donors (Lipinski definition) is 2. The lowest BCUT2D eigenvalue weighted by Crippen LogP contribution is -2.19. The fourth-order valence-electron chi connectivity index (χ4n) is 2.15. The lowest BCUT2D eigenvalue weighted by molar-refractivity contribution is 0.0694. The lowest BCUT2D eigenvalue weighted by atomic mass is 9.91. The molecule has 0 atom stereocenters. The molecule has 18 heavy (non-hydrogen) atoms. The van der Waals surface area contributed by atoms with Crippen LogP contribution in [0.25, 0.3) is 0 Å². The van der Waals surface area contributed by atoms with Crippen molar-refractivity contribution in [2.24, 2.45) is 5.92 Å². The number of hydrogen-bond acceptors (Lipinski definition) is 4. The third-order valence-corrected chi connectivity index (χ3v) is 4.31. The van der Waals surface area contributed by atoms with Crippen LogP contribution in [0.1, 0.15) is 42.5 Å². The first kappa shape index (κ1) is 13.1. The zero-order valence-corrected chi connectivity index (χ0v) is 10.8. The van der Waals surface area contributed by atoms with Gasteiger partial charge in [0.1, 0.15) is 5.56 Å². The number of aromatic amines is 1. The summed E-state index contributed by atoms with van der Waals surface area (Å²) in [6.45, 7) is 0. The molecule has 0 radical (unpaired) electrons. The summed E-state index contributed by atoms with van der Waals surface area (Å²) in [6.07, 6.45) is 7.50. The van der Waals surface area contributed by atoms with E-state index >= 15 is 0 Å². The average Bonchev–Trinajstić information content (AvgIpc) is 2.37. The number of carboxylic acids is 1. The SMILES string of the molecule is O=C(O)c1cnc(SCC2CCCCC2)[nH]c1=O. The van der Waals surface area contributed by atoms with E-state index in [4.69, 9.17) is 5.11 Å².